The van der Waals surface area contributed by atoms with E-state index in [1.54, 1.807) is 11.3 Å². The van der Waals surface area contributed by atoms with Crippen molar-refractivity contribution in [3.63, 3.8) is 0 Å². The quantitative estimate of drug-likeness (QED) is 0.537. The molecule has 0 N–H and O–H groups in total. The number of thiophene rings is 1. The summed E-state index contributed by atoms with van der Waals surface area (Å²) < 4.78 is 1.33. The van der Waals surface area contributed by atoms with Crippen LogP contribution in [0.2, 0.25) is 0 Å². The Bertz CT molecular complexity index is 313. The standard InChI is InChI=1S/C9H7S/c1-7-6-8-4-2-3-5-9(8)10-7/h2-5H,1H3. The molecule has 0 nitrogen and oxygen atoms in total. The van der Waals surface area contributed by atoms with Crippen LogP contribution in [-0.4, -0.2) is 0 Å². The van der Waals surface area contributed by atoms with Gasteiger partial charge in [0.2, 0.25) is 0 Å². The van der Waals surface area contributed by atoms with Crippen LogP contribution in [0.5, 0.6) is 0 Å². The van der Waals surface area contributed by atoms with Crippen LogP contribution in [0, 0.1) is 13.0 Å². The molecule has 0 saturated carbocycles. The molecule has 1 aromatic carbocycles. The largest absolute Gasteiger partial charge is 0.140 e. The van der Waals surface area contributed by atoms with Gasteiger partial charge in [-0.1, -0.05) is 18.2 Å². The highest BCUT2D eigenvalue weighted by Gasteiger charge is 1.94. The van der Waals surface area contributed by atoms with Crippen LogP contribution < -0.4 is 0 Å². The normalized spacial score (nSPS) is 10.5. The van der Waals surface area contributed by atoms with Crippen molar-refractivity contribution in [3.8, 4) is 0 Å². The zero-order valence-electron chi connectivity index (χ0n) is 5.72. The molecule has 2 rings (SSSR count). The summed E-state index contributed by atoms with van der Waals surface area (Å²) in [5.41, 5.74) is 0. The molecular formula is C9H7S. The molecule has 1 heterocycles. The maximum absolute atomic E-state index is 3.28. The van der Waals surface area contributed by atoms with Gasteiger partial charge in [-0.15, -0.1) is 11.3 Å². The second-order valence-electron chi connectivity index (χ2n) is 2.28. The van der Waals surface area contributed by atoms with E-state index in [0.717, 1.165) is 0 Å². The fraction of sp³-hybridized carbons (Fsp3) is 0.111. The molecule has 0 bridgehead atoms. The summed E-state index contributed by atoms with van der Waals surface area (Å²) >= 11 is 1.80. The summed E-state index contributed by atoms with van der Waals surface area (Å²) in [5, 5.41) is 1.24. The Morgan fingerprint density at radius 1 is 1.30 bits per heavy atom. The highest BCUT2D eigenvalue weighted by atomic mass is 32.1. The van der Waals surface area contributed by atoms with Gasteiger partial charge in [-0.2, -0.15) is 0 Å². The lowest BCUT2D eigenvalue weighted by Crippen LogP contribution is -1.57. The van der Waals surface area contributed by atoms with Gasteiger partial charge in [0, 0.05) is 21.0 Å². The number of benzene rings is 1. The third-order valence-corrected chi connectivity index (χ3v) is 2.44. The van der Waals surface area contributed by atoms with Crippen LogP contribution in [0.25, 0.3) is 10.1 Å². The van der Waals surface area contributed by atoms with Crippen LogP contribution in [-0.2, 0) is 0 Å². The molecule has 0 aliphatic carbocycles. The van der Waals surface area contributed by atoms with Crippen molar-refractivity contribution in [1.29, 1.82) is 0 Å². The minimum Gasteiger partial charge on any atom is -0.140 e. The molecule has 0 atom stereocenters. The molecule has 0 spiro atoms. The highest BCUT2D eigenvalue weighted by molar-refractivity contribution is 7.18. The van der Waals surface area contributed by atoms with Crippen molar-refractivity contribution >= 4 is 21.4 Å². The van der Waals surface area contributed by atoms with E-state index in [1.807, 2.05) is 6.07 Å². The Morgan fingerprint density at radius 3 is 2.90 bits per heavy atom. The number of fused-ring (bicyclic) bond motifs is 1. The predicted molar refractivity (Wildman–Crippen MR) is 45.4 cm³/mol. The topological polar surface area (TPSA) is 0 Å². The van der Waals surface area contributed by atoms with E-state index in [9.17, 15) is 0 Å². The Labute approximate surface area is 64.1 Å². The molecule has 0 saturated heterocycles. The van der Waals surface area contributed by atoms with Gasteiger partial charge in [0.1, 0.15) is 0 Å². The molecule has 0 unspecified atom stereocenters. The van der Waals surface area contributed by atoms with E-state index < -0.39 is 0 Å². The summed E-state index contributed by atoms with van der Waals surface area (Å²) in [4.78, 5) is 1.27. The molecule has 1 radical (unpaired) electrons. The lowest BCUT2D eigenvalue weighted by Gasteiger charge is -1.81. The van der Waals surface area contributed by atoms with Gasteiger partial charge in [0.05, 0.1) is 0 Å². The van der Waals surface area contributed by atoms with Gasteiger partial charge in [-0.3, -0.25) is 0 Å². The maximum atomic E-state index is 3.28. The van der Waals surface area contributed by atoms with Crippen molar-refractivity contribution in [2.24, 2.45) is 0 Å². The highest BCUT2D eigenvalue weighted by Crippen LogP contribution is 2.22. The molecular weight excluding hydrogens is 140 g/mol. The van der Waals surface area contributed by atoms with Gasteiger partial charge in [0.15, 0.2) is 0 Å². The zero-order valence-corrected chi connectivity index (χ0v) is 6.53. The van der Waals surface area contributed by atoms with Gasteiger partial charge in [-0.05, 0) is 13.0 Å². The molecule has 49 valence electrons. The molecule has 0 amide bonds. The van der Waals surface area contributed by atoms with Crippen molar-refractivity contribution in [1.82, 2.24) is 0 Å². The van der Waals surface area contributed by atoms with Crippen molar-refractivity contribution in [2.45, 2.75) is 6.92 Å². The molecule has 0 aliphatic rings. The lowest BCUT2D eigenvalue weighted by atomic mass is 10.2. The van der Waals surface area contributed by atoms with Crippen molar-refractivity contribution in [3.05, 3.63) is 35.2 Å². The molecule has 2 aromatic rings. The molecule has 10 heavy (non-hydrogen) atoms. The van der Waals surface area contributed by atoms with Crippen molar-refractivity contribution < 1.29 is 0 Å². The van der Waals surface area contributed by atoms with Gasteiger partial charge in [-0.25, -0.2) is 0 Å². The third-order valence-electron chi connectivity index (χ3n) is 1.46. The zero-order chi connectivity index (χ0) is 6.97. The Kier molecular flexibility index (Phi) is 1.24. The summed E-state index contributed by atoms with van der Waals surface area (Å²) in [6.07, 6.45) is 0. The first-order valence-corrected chi connectivity index (χ1v) is 4.05. The first-order chi connectivity index (χ1) is 4.86. The van der Waals surface area contributed by atoms with E-state index in [1.165, 1.54) is 15.0 Å². The smallest absolute Gasteiger partial charge is 0.0352 e. The summed E-state index contributed by atoms with van der Waals surface area (Å²) in [6.45, 7) is 2.09. The maximum Gasteiger partial charge on any atom is 0.0352 e. The van der Waals surface area contributed by atoms with Crippen LogP contribution in [0.15, 0.2) is 24.3 Å². The Balaban J connectivity index is 2.88. The Hall–Kier alpha value is -0.820. The second-order valence-corrected chi connectivity index (χ2v) is 3.54. The first kappa shape index (κ1) is 5.93. The number of hydrogen-bond acceptors (Lipinski definition) is 1. The monoisotopic (exact) mass is 147 g/mol. The third kappa shape index (κ3) is 0.830. The van der Waals surface area contributed by atoms with E-state index >= 15 is 0 Å². The van der Waals surface area contributed by atoms with Crippen LogP contribution in [0.1, 0.15) is 4.88 Å². The minimum atomic E-state index is 1.24. The lowest BCUT2D eigenvalue weighted by molar-refractivity contribution is 1.64. The van der Waals surface area contributed by atoms with Gasteiger partial charge < -0.3 is 0 Å². The van der Waals surface area contributed by atoms with Crippen molar-refractivity contribution in [2.75, 3.05) is 0 Å². The molecule has 1 aromatic heterocycles. The average molecular weight is 147 g/mol. The fourth-order valence-corrected chi connectivity index (χ4v) is 1.91. The average Bonchev–Trinajstić information content (AvgIpc) is 2.27. The SMILES string of the molecule is Cc1[c]c2ccccc2s1. The summed E-state index contributed by atoms with van der Waals surface area (Å²) in [6, 6.07) is 11.6. The van der Waals surface area contributed by atoms with Crippen LogP contribution >= 0.6 is 11.3 Å². The predicted octanol–water partition coefficient (Wildman–Crippen LogP) is 3.01. The molecule has 1 heteroatoms. The van der Waals surface area contributed by atoms with Crippen LogP contribution in [0.3, 0.4) is 0 Å². The minimum absolute atomic E-state index is 1.24. The van der Waals surface area contributed by atoms with E-state index in [4.69, 9.17) is 0 Å². The fourth-order valence-electron chi connectivity index (χ4n) is 1.04. The first-order valence-electron chi connectivity index (χ1n) is 3.24. The number of aryl methyl sites for hydroxylation is 1. The van der Waals surface area contributed by atoms with Crippen LogP contribution in [0.4, 0.5) is 0 Å². The summed E-state index contributed by atoms with van der Waals surface area (Å²) in [7, 11) is 0. The van der Waals surface area contributed by atoms with E-state index in [2.05, 4.69) is 31.2 Å². The van der Waals surface area contributed by atoms with Gasteiger partial charge >= 0.3 is 0 Å². The second kappa shape index (κ2) is 2.10. The molecule has 0 aliphatic heterocycles. The van der Waals surface area contributed by atoms with Gasteiger partial charge in [0.25, 0.3) is 0 Å². The number of hydrogen-bond donors (Lipinski definition) is 0. The van der Waals surface area contributed by atoms with E-state index in [0.29, 0.717) is 0 Å². The van der Waals surface area contributed by atoms with E-state index in [-0.39, 0.29) is 0 Å². The number of rotatable bonds is 0. The Morgan fingerprint density at radius 2 is 2.10 bits per heavy atom. The summed E-state index contributed by atoms with van der Waals surface area (Å²) in [5.74, 6) is 0. The molecule has 0 fully saturated rings.